The van der Waals surface area contributed by atoms with Gasteiger partial charge in [0.15, 0.2) is 0 Å². The molecule has 0 unspecified atom stereocenters. The molecule has 0 rings (SSSR count). The van der Waals surface area contributed by atoms with E-state index in [0.29, 0.717) is 0 Å². The SMILES string of the molecule is O.O.O.O.O.O.O=[N+]([O-])[O-].O=[N+]([O-])[O-].O=[N+]([O-])[O-].[H-].[K+].[Mg+2].[Na+]. The van der Waals surface area contributed by atoms with Crippen LogP contribution >= 0.6 is 0 Å². The van der Waals surface area contributed by atoms with Crippen LogP contribution in [0.3, 0.4) is 0 Å². The first-order chi connectivity index (χ1) is 5.20. The van der Waals surface area contributed by atoms with Crippen LogP contribution in [0.1, 0.15) is 1.43 Å². The molecule has 0 aliphatic carbocycles. The summed E-state index contributed by atoms with van der Waals surface area (Å²) in [6, 6.07) is 0. The maximum Gasteiger partial charge on any atom is 2.00 e. The molecule has 0 heterocycles. The van der Waals surface area contributed by atoms with Gasteiger partial charge >= 0.3 is 104 Å². The molecule has 0 saturated carbocycles. The minimum absolute atomic E-state index is 0. The molecule has 0 fully saturated rings. The van der Waals surface area contributed by atoms with E-state index in [9.17, 15) is 0 Å². The van der Waals surface area contributed by atoms with Gasteiger partial charge in [-0.2, -0.15) is 0 Å². The van der Waals surface area contributed by atoms with Crippen molar-refractivity contribution in [2.45, 2.75) is 0 Å². The third-order valence-electron chi connectivity index (χ3n) is 0. The molecule has 0 aromatic rings. The fraction of sp³-hybridized carbons (Fsp3) is 0. The van der Waals surface area contributed by atoms with Gasteiger partial charge in [-0.25, -0.2) is 0 Å². The number of hydrogen-bond donors (Lipinski definition) is 0. The predicted molar refractivity (Wildman–Crippen MR) is 59.6 cm³/mol. The van der Waals surface area contributed by atoms with Crippen LogP contribution in [0.5, 0.6) is 0 Å². The van der Waals surface area contributed by atoms with Gasteiger partial charge in [0.1, 0.15) is 0 Å². The monoisotopic (exact) mass is 381 g/mol. The van der Waals surface area contributed by atoms with E-state index in [-0.39, 0.29) is 138 Å². The Morgan fingerprint density at radius 1 is 0.524 bits per heavy atom. The molecule has 0 aliphatic rings. The Morgan fingerprint density at radius 2 is 0.524 bits per heavy atom. The van der Waals surface area contributed by atoms with Gasteiger partial charge in [-0.05, 0) is 0 Å². The molecule has 0 spiro atoms. The third-order valence-corrected chi connectivity index (χ3v) is 0. The quantitative estimate of drug-likeness (QED) is 0.218. The van der Waals surface area contributed by atoms with E-state index in [0.717, 1.165) is 0 Å². The predicted octanol–water partition coefficient (Wildman–Crippen LogP) is -11.9. The van der Waals surface area contributed by atoms with Crippen LogP contribution in [0.2, 0.25) is 0 Å². The van der Waals surface area contributed by atoms with Gasteiger partial charge in [0, 0.05) is 0 Å². The molecule has 0 saturated heterocycles. The largest absolute Gasteiger partial charge is 2.00 e. The molecule has 0 atom stereocenters. The van der Waals surface area contributed by atoms with Crippen molar-refractivity contribution in [3.63, 3.8) is 0 Å². The Balaban J connectivity index is -0.00000000409. The summed E-state index contributed by atoms with van der Waals surface area (Å²) in [6.07, 6.45) is 0. The van der Waals surface area contributed by atoms with Gasteiger partial charge in [-0.15, -0.1) is 0 Å². The summed E-state index contributed by atoms with van der Waals surface area (Å²) in [6.45, 7) is 0. The minimum Gasteiger partial charge on any atom is -1.00 e. The summed E-state index contributed by atoms with van der Waals surface area (Å²) in [7, 11) is 0. The maximum absolute atomic E-state index is 8.25. The Kier molecular flexibility index (Phi) is 399. The zero-order valence-corrected chi connectivity index (χ0v) is 17.3. The van der Waals surface area contributed by atoms with Crippen LogP contribution in [0.4, 0.5) is 0 Å². The fourth-order valence-corrected chi connectivity index (χ4v) is 0. The summed E-state index contributed by atoms with van der Waals surface area (Å²) in [4.78, 5) is 24.8. The molecule has 0 radical (unpaired) electrons. The second kappa shape index (κ2) is 85.1. The van der Waals surface area contributed by atoms with E-state index in [2.05, 4.69) is 0 Å². The number of rotatable bonds is 0. The number of hydrogen-bond acceptors (Lipinski definition) is 9. The van der Waals surface area contributed by atoms with Gasteiger partial charge in [-0.3, -0.25) is 0 Å². The van der Waals surface area contributed by atoms with Crippen molar-refractivity contribution in [3.05, 3.63) is 46.0 Å². The summed E-state index contributed by atoms with van der Waals surface area (Å²) in [5.74, 6) is 0. The Labute approximate surface area is 197 Å². The van der Waals surface area contributed by atoms with Crippen LogP contribution in [-0.4, -0.2) is 71.2 Å². The first-order valence-corrected chi connectivity index (χ1v) is 1.64. The zero-order valence-electron chi connectivity index (χ0n) is 11.7. The van der Waals surface area contributed by atoms with Gasteiger partial charge in [0.25, 0.3) is 0 Å². The van der Waals surface area contributed by atoms with Crippen molar-refractivity contribution in [2.75, 3.05) is 0 Å². The Bertz CT molecular complexity index is 132. The molecular formula is H13KMgN3NaO15. The van der Waals surface area contributed by atoms with E-state index >= 15 is 0 Å². The van der Waals surface area contributed by atoms with E-state index in [1.54, 1.807) is 0 Å². The standard InChI is InChI=1S/K.Mg.3NO3.Na.6H2O.H/c;;3*2-1(3)4;;;;;;;;/h;;;;;;6*1H2;/q+1;+2;3*-1;+1;;;;;;;-1. The smallest absolute Gasteiger partial charge is 1.00 e. The summed E-state index contributed by atoms with van der Waals surface area (Å²) in [5.41, 5.74) is 0. The summed E-state index contributed by atoms with van der Waals surface area (Å²) in [5, 5.41) is 44.2. The van der Waals surface area contributed by atoms with Gasteiger partial charge in [0.05, 0.1) is 15.3 Å². The molecule has 21 heteroatoms. The van der Waals surface area contributed by atoms with Crippen molar-refractivity contribution in [2.24, 2.45) is 0 Å². The fourth-order valence-electron chi connectivity index (χ4n) is 0. The molecule has 12 N–H and O–H groups in total. The van der Waals surface area contributed by atoms with Crippen LogP contribution in [0.25, 0.3) is 0 Å². The molecule has 0 aliphatic heterocycles. The number of nitrogens with zero attached hydrogens (tertiary/aromatic N) is 3. The Hall–Kier alpha value is 0.763. The van der Waals surface area contributed by atoms with E-state index in [4.69, 9.17) is 46.0 Å². The van der Waals surface area contributed by atoms with E-state index < -0.39 is 15.3 Å². The minimum atomic E-state index is -1.75. The second-order valence-electron chi connectivity index (χ2n) is 0.671. The molecule has 0 bridgehead atoms. The van der Waals surface area contributed by atoms with Crippen molar-refractivity contribution in [3.8, 4) is 0 Å². The summed E-state index contributed by atoms with van der Waals surface area (Å²) < 4.78 is 0. The molecular weight excluding hydrogens is 368 g/mol. The molecule has 122 valence electrons. The molecule has 0 aromatic heterocycles. The van der Waals surface area contributed by atoms with Crippen LogP contribution in [0.15, 0.2) is 0 Å². The maximum atomic E-state index is 8.25. The molecule has 0 aromatic carbocycles. The van der Waals surface area contributed by atoms with Crippen LogP contribution in [-0.2, 0) is 0 Å². The first kappa shape index (κ1) is 98.4. The first-order valence-electron chi connectivity index (χ1n) is 1.64. The molecule has 21 heavy (non-hydrogen) atoms. The van der Waals surface area contributed by atoms with Crippen molar-refractivity contribution in [1.82, 2.24) is 0 Å². The van der Waals surface area contributed by atoms with E-state index in [1.165, 1.54) is 0 Å². The van der Waals surface area contributed by atoms with Crippen molar-refractivity contribution in [1.29, 1.82) is 0 Å². The van der Waals surface area contributed by atoms with Crippen LogP contribution < -0.4 is 80.9 Å². The second-order valence-corrected chi connectivity index (χ2v) is 0.671. The van der Waals surface area contributed by atoms with Crippen molar-refractivity contribution >= 4 is 23.1 Å². The van der Waals surface area contributed by atoms with Gasteiger partial charge in [-0.1, -0.05) is 0 Å². The van der Waals surface area contributed by atoms with Crippen molar-refractivity contribution < 1.29 is 130 Å². The average molecular weight is 382 g/mol. The Morgan fingerprint density at radius 3 is 0.524 bits per heavy atom. The zero-order chi connectivity index (χ0) is 10.7. The van der Waals surface area contributed by atoms with Gasteiger partial charge < -0.3 is 80.2 Å². The topological polar surface area (TPSA) is 388 Å². The third kappa shape index (κ3) is 12600. The average Bonchev–Trinajstić information content (AvgIpc) is 1.54. The normalized spacial score (nSPS) is 3.43. The van der Waals surface area contributed by atoms with Gasteiger partial charge in [0.2, 0.25) is 0 Å². The van der Waals surface area contributed by atoms with E-state index in [1.807, 2.05) is 0 Å². The summed E-state index contributed by atoms with van der Waals surface area (Å²) >= 11 is 0. The molecule has 18 nitrogen and oxygen atoms in total. The molecule has 0 amide bonds. The van der Waals surface area contributed by atoms with Crippen LogP contribution in [0, 0.1) is 46.0 Å².